The van der Waals surface area contributed by atoms with Crippen molar-refractivity contribution in [3.05, 3.63) is 24.3 Å². The molecule has 0 fully saturated rings. The van der Waals surface area contributed by atoms with Crippen molar-refractivity contribution in [3.8, 4) is 5.75 Å². The summed E-state index contributed by atoms with van der Waals surface area (Å²) in [6.45, 7) is 4.93. The highest BCUT2D eigenvalue weighted by Crippen LogP contribution is 2.27. The van der Waals surface area contributed by atoms with E-state index in [4.69, 9.17) is 4.74 Å². The number of hydrogen-bond acceptors (Lipinski definition) is 2. The van der Waals surface area contributed by atoms with Crippen molar-refractivity contribution in [2.24, 2.45) is 5.92 Å². The van der Waals surface area contributed by atoms with Gasteiger partial charge in [-0.05, 0) is 31.4 Å². The highest BCUT2D eigenvalue weighted by atomic mass is 19.4. The lowest BCUT2D eigenvalue weighted by Crippen LogP contribution is -2.21. The van der Waals surface area contributed by atoms with Gasteiger partial charge >= 0.3 is 6.18 Å². The van der Waals surface area contributed by atoms with Crippen LogP contribution in [0, 0.1) is 5.92 Å². The Bertz CT molecular complexity index is 391. The van der Waals surface area contributed by atoms with Crippen molar-refractivity contribution >= 4 is 5.69 Å². The summed E-state index contributed by atoms with van der Waals surface area (Å²) in [4.78, 5) is 0. The molecule has 0 aromatic heterocycles. The standard InChI is InChI=1S/C14H20F3NO/c1-10(2)8-11(3)18-12-6-4-5-7-13(12)19-9-14(15,16)17/h4-7,10-11,18H,8-9H2,1-3H3. The van der Waals surface area contributed by atoms with Gasteiger partial charge in [-0.3, -0.25) is 0 Å². The summed E-state index contributed by atoms with van der Waals surface area (Å²) in [5.41, 5.74) is 0.597. The Hall–Kier alpha value is -1.39. The summed E-state index contributed by atoms with van der Waals surface area (Å²) in [5.74, 6) is 0.751. The van der Waals surface area contributed by atoms with Crippen LogP contribution in [-0.4, -0.2) is 18.8 Å². The molecule has 1 atom stereocenters. The first kappa shape index (κ1) is 15.7. The second kappa shape index (κ2) is 6.68. The van der Waals surface area contributed by atoms with Crippen LogP contribution in [0.25, 0.3) is 0 Å². The minimum atomic E-state index is -4.32. The molecule has 0 saturated heterocycles. The average molecular weight is 275 g/mol. The predicted molar refractivity (Wildman–Crippen MR) is 70.5 cm³/mol. The van der Waals surface area contributed by atoms with Crippen LogP contribution in [0.15, 0.2) is 24.3 Å². The van der Waals surface area contributed by atoms with Crippen LogP contribution in [0.3, 0.4) is 0 Å². The zero-order chi connectivity index (χ0) is 14.5. The summed E-state index contributed by atoms with van der Waals surface area (Å²) < 4.78 is 41.3. The molecular weight excluding hydrogens is 255 g/mol. The van der Waals surface area contributed by atoms with Crippen LogP contribution >= 0.6 is 0 Å². The Morgan fingerprint density at radius 3 is 2.37 bits per heavy atom. The Morgan fingerprint density at radius 2 is 1.79 bits per heavy atom. The maximum absolute atomic E-state index is 12.2. The summed E-state index contributed by atoms with van der Waals surface area (Å²) >= 11 is 0. The van der Waals surface area contributed by atoms with E-state index in [1.165, 1.54) is 6.07 Å². The van der Waals surface area contributed by atoms with Gasteiger partial charge in [0.1, 0.15) is 5.75 Å². The van der Waals surface area contributed by atoms with Gasteiger partial charge in [0.25, 0.3) is 0 Å². The molecule has 1 N–H and O–H groups in total. The molecule has 0 spiro atoms. The van der Waals surface area contributed by atoms with E-state index in [1.807, 2.05) is 6.92 Å². The number of anilines is 1. The van der Waals surface area contributed by atoms with Gasteiger partial charge in [-0.2, -0.15) is 13.2 Å². The third-order valence-electron chi connectivity index (χ3n) is 2.51. The number of ether oxygens (including phenoxy) is 1. The normalized spacial score (nSPS) is 13.4. The van der Waals surface area contributed by atoms with E-state index < -0.39 is 12.8 Å². The lowest BCUT2D eigenvalue weighted by molar-refractivity contribution is -0.153. The molecule has 0 amide bonds. The van der Waals surface area contributed by atoms with Gasteiger partial charge in [0.2, 0.25) is 0 Å². The molecule has 0 bridgehead atoms. The first-order chi connectivity index (χ1) is 8.78. The van der Waals surface area contributed by atoms with Crippen LogP contribution in [0.4, 0.5) is 18.9 Å². The van der Waals surface area contributed by atoms with Crippen molar-refractivity contribution in [3.63, 3.8) is 0 Å². The number of rotatable bonds is 6. The Labute approximate surface area is 112 Å². The molecular formula is C14H20F3NO. The summed E-state index contributed by atoms with van der Waals surface area (Å²) in [7, 11) is 0. The number of hydrogen-bond donors (Lipinski definition) is 1. The smallest absolute Gasteiger partial charge is 0.422 e. The number of para-hydroxylation sites is 2. The van der Waals surface area contributed by atoms with E-state index in [0.29, 0.717) is 11.6 Å². The van der Waals surface area contributed by atoms with E-state index in [0.717, 1.165) is 6.42 Å². The van der Waals surface area contributed by atoms with Crippen molar-refractivity contribution in [2.45, 2.75) is 39.4 Å². The fourth-order valence-electron chi connectivity index (χ4n) is 1.90. The van der Waals surface area contributed by atoms with Crippen molar-refractivity contribution in [1.82, 2.24) is 0 Å². The molecule has 1 aromatic carbocycles. The monoisotopic (exact) mass is 275 g/mol. The first-order valence-corrected chi connectivity index (χ1v) is 6.33. The first-order valence-electron chi connectivity index (χ1n) is 6.33. The minimum absolute atomic E-state index is 0.177. The predicted octanol–water partition coefficient (Wildman–Crippen LogP) is 4.47. The second-order valence-electron chi connectivity index (χ2n) is 5.07. The molecule has 1 rings (SSSR count). The summed E-state index contributed by atoms with van der Waals surface area (Å²) in [6, 6.07) is 6.86. The van der Waals surface area contributed by atoms with Crippen LogP contribution in [-0.2, 0) is 0 Å². The van der Waals surface area contributed by atoms with E-state index in [1.54, 1.807) is 18.2 Å². The van der Waals surface area contributed by atoms with E-state index in [-0.39, 0.29) is 11.8 Å². The second-order valence-corrected chi connectivity index (χ2v) is 5.07. The van der Waals surface area contributed by atoms with Crippen molar-refractivity contribution < 1.29 is 17.9 Å². The van der Waals surface area contributed by atoms with Crippen LogP contribution in [0.1, 0.15) is 27.2 Å². The van der Waals surface area contributed by atoms with E-state index in [9.17, 15) is 13.2 Å². The van der Waals surface area contributed by atoms with Crippen molar-refractivity contribution in [1.29, 1.82) is 0 Å². The third-order valence-corrected chi connectivity index (χ3v) is 2.51. The van der Waals surface area contributed by atoms with Gasteiger partial charge in [0, 0.05) is 6.04 Å². The Kier molecular flexibility index (Phi) is 5.51. The average Bonchev–Trinajstić information content (AvgIpc) is 2.25. The minimum Gasteiger partial charge on any atom is -0.482 e. The van der Waals surface area contributed by atoms with Gasteiger partial charge in [0.05, 0.1) is 5.69 Å². The zero-order valence-electron chi connectivity index (χ0n) is 11.4. The Balaban J connectivity index is 2.67. The quantitative estimate of drug-likeness (QED) is 0.826. The molecule has 0 heterocycles. The fourth-order valence-corrected chi connectivity index (χ4v) is 1.90. The number of halogens is 3. The van der Waals surface area contributed by atoms with Crippen LogP contribution in [0.2, 0.25) is 0 Å². The third kappa shape index (κ3) is 6.36. The Morgan fingerprint density at radius 1 is 1.16 bits per heavy atom. The molecule has 0 saturated carbocycles. The van der Waals surface area contributed by atoms with E-state index in [2.05, 4.69) is 19.2 Å². The highest BCUT2D eigenvalue weighted by molar-refractivity contribution is 5.56. The molecule has 108 valence electrons. The molecule has 0 aliphatic heterocycles. The topological polar surface area (TPSA) is 21.3 Å². The molecule has 1 aromatic rings. The van der Waals surface area contributed by atoms with Gasteiger partial charge in [0.15, 0.2) is 6.61 Å². The molecule has 0 aliphatic carbocycles. The van der Waals surface area contributed by atoms with Crippen molar-refractivity contribution in [2.75, 3.05) is 11.9 Å². The van der Waals surface area contributed by atoms with Gasteiger partial charge in [-0.15, -0.1) is 0 Å². The summed E-state index contributed by atoms with van der Waals surface area (Å²) in [5, 5.41) is 3.19. The summed E-state index contributed by atoms with van der Waals surface area (Å²) in [6.07, 6.45) is -3.38. The molecule has 2 nitrogen and oxygen atoms in total. The van der Waals surface area contributed by atoms with Gasteiger partial charge < -0.3 is 10.1 Å². The molecule has 0 radical (unpaired) electrons. The molecule has 19 heavy (non-hydrogen) atoms. The van der Waals surface area contributed by atoms with Gasteiger partial charge in [-0.1, -0.05) is 26.0 Å². The maximum atomic E-state index is 12.2. The highest BCUT2D eigenvalue weighted by Gasteiger charge is 2.28. The molecule has 5 heteroatoms. The molecule has 1 unspecified atom stereocenters. The van der Waals surface area contributed by atoms with Gasteiger partial charge in [-0.25, -0.2) is 0 Å². The SMILES string of the molecule is CC(C)CC(C)Nc1ccccc1OCC(F)(F)F. The number of alkyl halides is 3. The van der Waals surface area contributed by atoms with Crippen LogP contribution < -0.4 is 10.1 Å². The fraction of sp³-hybridized carbons (Fsp3) is 0.571. The van der Waals surface area contributed by atoms with Crippen LogP contribution in [0.5, 0.6) is 5.75 Å². The zero-order valence-corrected chi connectivity index (χ0v) is 11.4. The molecule has 0 aliphatic rings. The lowest BCUT2D eigenvalue weighted by Gasteiger charge is -2.20. The largest absolute Gasteiger partial charge is 0.482 e. The number of nitrogens with one attached hydrogen (secondary N) is 1. The number of benzene rings is 1. The lowest BCUT2D eigenvalue weighted by atomic mass is 10.1. The maximum Gasteiger partial charge on any atom is 0.422 e. The van der Waals surface area contributed by atoms with E-state index >= 15 is 0 Å².